The van der Waals surface area contributed by atoms with Gasteiger partial charge < -0.3 is 5.32 Å². The summed E-state index contributed by atoms with van der Waals surface area (Å²) >= 11 is 1.80. The molecule has 1 aromatic heterocycles. The van der Waals surface area contributed by atoms with Crippen molar-refractivity contribution in [2.45, 2.75) is 37.1 Å². The molecule has 1 atom stereocenters. The minimum atomic E-state index is -3.67. The summed E-state index contributed by atoms with van der Waals surface area (Å²) in [4.78, 5) is 1.58. The molecular weight excluding hydrogens is 304 g/mol. The summed E-state index contributed by atoms with van der Waals surface area (Å²) in [5, 5.41) is 10.8. The van der Waals surface area contributed by atoms with Gasteiger partial charge in [-0.05, 0) is 60.9 Å². The zero-order valence-corrected chi connectivity index (χ0v) is 13.4. The van der Waals surface area contributed by atoms with Crippen LogP contribution in [0.5, 0.6) is 0 Å². The maximum atomic E-state index is 11.5. The van der Waals surface area contributed by atoms with E-state index in [9.17, 15) is 8.42 Å². The van der Waals surface area contributed by atoms with E-state index in [4.69, 9.17) is 5.14 Å². The van der Waals surface area contributed by atoms with Gasteiger partial charge in [-0.15, -0.1) is 11.3 Å². The second-order valence-electron chi connectivity index (χ2n) is 5.41. The van der Waals surface area contributed by atoms with Crippen LogP contribution in [0.4, 0.5) is 5.69 Å². The predicted octanol–water partition coefficient (Wildman–Crippen LogP) is 3.19. The van der Waals surface area contributed by atoms with E-state index in [-0.39, 0.29) is 10.9 Å². The molecule has 112 valence electrons. The summed E-state index contributed by atoms with van der Waals surface area (Å²) in [5.41, 5.74) is 3.20. The number of nitrogens with one attached hydrogen (secondary N) is 1. The Morgan fingerprint density at radius 1 is 1.33 bits per heavy atom. The molecule has 1 aromatic carbocycles. The highest BCUT2D eigenvalue weighted by atomic mass is 32.2. The number of hydrogen-bond acceptors (Lipinski definition) is 4. The van der Waals surface area contributed by atoms with E-state index in [2.05, 4.69) is 16.8 Å². The molecule has 3 rings (SSSR count). The van der Waals surface area contributed by atoms with Crippen molar-refractivity contribution in [3.63, 3.8) is 0 Å². The minimum absolute atomic E-state index is 0.150. The van der Waals surface area contributed by atoms with Crippen molar-refractivity contribution >= 4 is 27.0 Å². The van der Waals surface area contributed by atoms with Crippen molar-refractivity contribution in [3.8, 4) is 0 Å². The highest BCUT2D eigenvalue weighted by Crippen LogP contribution is 2.36. The van der Waals surface area contributed by atoms with Gasteiger partial charge >= 0.3 is 0 Å². The molecule has 1 unspecified atom stereocenters. The van der Waals surface area contributed by atoms with Crippen LogP contribution in [0, 0.1) is 6.92 Å². The number of nitrogens with two attached hydrogens (primary N) is 1. The summed E-state index contributed by atoms with van der Waals surface area (Å²) < 4.78 is 23.0. The third-order valence-electron chi connectivity index (χ3n) is 3.92. The second kappa shape index (κ2) is 5.44. The Bertz CT molecular complexity index is 766. The topological polar surface area (TPSA) is 72.2 Å². The number of fused-ring (bicyclic) bond motifs is 1. The number of rotatable bonds is 3. The monoisotopic (exact) mass is 322 g/mol. The van der Waals surface area contributed by atoms with E-state index < -0.39 is 10.0 Å². The van der Waals surface area contributed by atoms with Gasteiger partial charge in [-0.3, -0.25) is 0 Å². The summed E-state index contributed by atoms with van der Waals surface area (Å²) in [6.07, 6.45) is 3.35. The largest absolute Gasteiger partial charge is 0.378 e. The van der Waals surface area contributed by atoms with Crippen LogP contribution in [0.3, 0.4) is 0 Å². The first kappa shape index (κ1) is 14.6. The van der Waals surface area contributed by atoms with Crippen molar-refractivity contribution in [2.24, 2.45) is 5.14 Å². The molecule has 0 fully saturated rings. The van der Waals surface area contributed by atoms with Crippen molar-refractivity contribution < 1.29 is 8.42 Å². The maximum absolute atomic E-state index is 11.5. The quantitative estimate of drug-likeness (QED) is 0.911. The Morgan fingerprint density at radius 2 is 2.14 bits per heavy atom. The number of hydrogen-bond donors (Lipinski definition) is 2. The lowest BCUT2D eigenvalue weighted by Gasteiger charge is -2.25. The van der Waals surface area contributed by atoms with Gasteiger partial charge in [0.1, 0.15) is 0 Å². The molecule has 0 amide bonds. The average Bonchev–Trinajstić information content (AvgIpc) is 2.89. The van der Waals surface area contributed by atoms with E-state index in [0.29, 0.717) is 0 Å². The highest BCUT2D eigenvalue weighted by molar-refractivity contribution is 7.89. The van der Waals surface area contributed by atoms with Crippen LogP contribution in [0.2, 0.25) is 0 Å². The molecule has 21 heavy (non-hydrogen) atoms. The van der Waals surface area contributed by atoms with Gasteiger partial charge in [-0.2, -0.15) is 0 Å². The Morgan fingerprint density at radius 3 is 2.90 bits per heavy atom. The smallest absolute Gasteiger partial charge is 0.238 e. The number of primary sulfonamides is 1. The molecule has 1 aliphatic carbocycles. The first-order valence-electron chi connectivity index (χ1n) is 6.91. The molecule has 0 saturated carbocycles. The molecule has 6 heteroatoms. The lowest BCUT2D eigenvalue weighted by molar-refractivity contribution is 0.597. The van der Waals surface area contributed by atoms with Crippen LogP contribution in [-0.4, -0.2) is 8.42 Å². The fourth-order valence-corrected chi connectivity index (χ4v) is 4.28. The van der Waals surface area contributed by atoms with Gasteiger partial charge in [0.15, 0.2) is 0 Å². The zero-order chi connectivity index (χ0) is 15.0. The molecule has 0 spiro atoms. The average molecular weight is 322 g/mol. The van der Waals surface area contributed by atoms with Crippen LogP contribution < -0.4 is 10.5 Å². The first-order chi connectivity index (χ1) is 9.95. The van der Waals surface area contributed by atoms with Gasteiger partial charge in [-0.1, -0.05) is 6.07 Å². The Balaban J connectivity index is 1.93. The fourth-order valence-electron chi connectivity index (χ4n) is 2.76. The van der Waals surface area contributed by atoms with Crippen molar-refractivity contribution in [2.75, 3.05) is 5.32 Å². The third-order valence-corrected chi connectivity index (χ3v) is 5.83. The molecule has 0 radical (unpaired) electrons. The van der Waals surface area contributed by atoms with Gasteiger partial charge in [0.25, 0.3) is 0 Å². The zero-order valence-electron chi connectivity index (χ0n) is 11.8. The Kier molecular flexibility index (Phi) is 3.77. The van der Waals surface area contributed by atoms with E-state index >= 15 is 0 Å². The van der Waals surface area contributed by atoms with Gasteiger partial charge in [0, 0.05) is 10.6 Å². The molecule has 1 heterocycles. The predicted molar refractivity (Wildman–Crippen MR) is 86.2 cm³/mol. The van der Waals surface area contributed by atoms with Crippen molar-refractivity contribution in [3.05, 3.63) is 45.6 Å². The number of sulfonamides is 1. The van der Waals surface area contributed by atoms with Gasteiger partial charge in [-0.25, -0.2) is 13.6 Å². The fraction of sp³-hybridized carbons (Fsp3) is 0.333. The van der Waals surface area contributed by atoms with Gasteiger partial charge in [0.2, 0.25) is 10.0 Å². The molecular formula is C15H18N2O2S2. The summed E-state index contributed by atoms with van der Waals surface area (Å²) in [6, 6.07) is 7.38. The Labute approximate surface area is 129 Å². The molecule has 0 bridgehead atoms. The maximum Gasteiger partial charge on any atom is 0.238 e. The molecule has 1 aliphatic rings. The highest BCUT2D eigenvalue weighted by Gasteiger charge is 2.22. The molecule has 2 aromatic rings. The number of aryl methyl sites for hydroxylation is 2. The van der Waals surface area contributed by atoms with Crippen molar-refractivity contribution in [1.82, 2.24) is 0 Å². The van der Waals surface area contributed by atoms with E-state index in [1.54, 1.807) is 29.5 Å². The van der Waals surface area contributed by atoms with Crippen LogP contribution in [0.15, 0.2) is 34.5 Å². The lowest BCUT2D eigenvalue weighted by Crippen LogP contribution is -2.17. The number of benzene rings is 1. The summed E-state index contributed by atoms with van der Waals surface area (Å²) in [7, 11) is -3.67. The normalized spacial score (nSPS) is 18.3. The summed E-state index contributed by atoms with van der Waals surface area (Å²) in [6.45, 7) is 1.96. The van der Waals surface area contributed by atoms with E-state index in [1.807, 2.05) is 6.92 Å². The SMILES string of the molecule is Cc1ccc(S(N)(=O)=O)cc1NC1CCCc2sccc21. The number of thiophene rings is 1. The van der Waals surface area contributed by atoms with E-state index in [0.717, 1.165) is 30.5 Å². The third kappa shape index (κ3) is 2.97. The summed E-state index contributed by atoms with van der Waals surface area (Å²) in [5.74, 6) is 0. The molecule has 3 N–H and O–H groups in total. The van der Waals surface area contributed by atoms with E-state index in [1.165, 1.54) is 10.4 Å². The molecule has 0 aliphatic heterocycles. The number of anilines is 1. The second-order valence-corrected chi connectivity index (χ2v) is 7.97. The van der Waals surface area contributed by atoms with Crippen LogP contribution in [0.25, 0.3) is 0 Å². The standard InChI is InChI=1S/C15H18N2O2S2/c1-10-5-6-11(21(16,18)19)9-14(10)17-13-3-2-4-15-12(13)7-8-20-15/h5-9,13,17H,2-4H2,1H3,(H2,16,18,19). The molecule has 4 nitrogen and oxygen atoms in total. The molecule has 0 saturated heterocycles. The van der Waals surface area contributed by atoms with Crippen LogP contribution >= 0.6 is 11.3 Å². The van der Waals surface area contributed by atoms with Crippen LogP contribution in [0.1, 0.15) is 34.9 Å². The minimum Gasteiger partial charge on any atom is -0.378 e. The van der Waals surface area contributed by atoms with Crippen molar-refractivity contribution in [1.29, 1.82) is 0 Å². The Hall–Kier alpha value is -1.37. The lowest BCUT2D eigenvalue weighted by atomic mass is 9.93. The van der Waals surface area contributed by atoms with Gasteiger partial charge in [0.05, 0.1) is 10.9 Å². The van der Waals surface area contributed by atoms with Crippen LogP contribution in [-0.2, 0) is 16.4 Å². The first-order valence-corrected chi connectivity index (χ1v) is 9.34.